The lowest BCUT2D eigenvalue weighted by Gasteiger charge is -2.16. The number of methoxy groups -OCH3 is 1. The van der Waals surface area contributed by atoms with Crippen molar-refractivity contribution in [1.29, 1.82) is 0 Å². The zero-order chi connectivity index (χ0) is 15.4. The standard InChI is InChI=1S/C14H15N3O4/c1-10-15-13(17(19)20)9-16(10)12(14(18)21-2)8-11-6-4-3-5-7-11/h3-7,9,12H,8H2,1-2H3/t12-/m0/s1. The quantitative estimate of drug-likeness (QED) is 0.477. The van der Waals surface area contributed by atoms with E-state index in [1.807, 2.05) is 30.3 Å². The highest BCUT2D eigenvalue weighted by Gasteiger charge is 2.27. The van der Waals surface area contributed by atoms with Crippen LogP contribution in [0.1, 0.15) is 17.4 Å². The summed E-state index contributed by atoms with van der Waals surface area (Å²) in [6.07, 6.45) is 1.64. The highest BCUT2D eigenvalue weighted by molar-refractivity contribution is 5.74. The van der Waals surface area contributed by atoms with Crippen LogP contribution in [0.15, 0.2) is 36.5 Å². The number of rotatable bonds is 5. The number of nitro groups is 1. The van der Waals surface area contributed by atoms with Crippen molar-refractivity contribution in [2.24, 2.45) is 0 Å². The summed E-state index contributed by atoms with van der Waals surface area (Å²) < 4.78 is 6.29. The van der Waals surface area contributed by atoms with Crippen LogP contribution in [-0.4, -0.2) is 27.6 Å². The summed E-state index contributed by atoms with van der Waals surface area (Å²) in [4.78, 5) is 26.1. The van der Waals surface area contributed by atoms with Crippen molar-refractivity contribution in [2.75, 3.05) is 7.11 Å². The van der Waals surface area contributed by atoms with E-state index in [0.717, 1.165) is 5.56 Å². The number of nitrogens with zero attached hydrogens (tertiary/aromatic N) is 3. The highest BCUT2D eigenvalue weighted by atomic mass is 16.6. The van der Waals surface area contributed by atoms with Gasteiger partial charge in [-0.3, -0.25) is 4.57 Å². The van der Waals surface area contributed by atoms with Gasteiger partial charge in [-0.25, -0.2) is 4.79 Å². The molecule has 2 rings (SSSR count). The van der Waals surface area contributed by atoms with Gasteiger partial charge < -0.3 is 14.9 Å². The molecule has 1 atom stereocenters. The Labute approximate surface area is 121 Å². The van der Waals surface area contributed by atoms with Crippen LogP contribution in [0.5, 0.6) is 0 Å². The van der Waals surface area contributed by atoms with Gasteiger partial charge in [0.1, 0.15) is 12.2 Å². The van der Waals surface area contributed by atoms with Crippen molar-refractivity contribution in [3.63, 3.8) is 0 Å². The fourth-order valence-corrected chi connectivity index (χ4v) is 2.14. The molecule has 1 aromatic carbocycles. The largest absolute Gasteiger partial charge is 0.467 e. The van der Waals surface area contributed by atoms with Crippen LogP contribution in [0.25, 0.3) is 0 Å². The maximum absolute atomic E-state index is 12.0. The second-order valence-electron chi connectivity index (χ2n) is 4.54. The number of hydrogen-bond acceptors (Lipinski definition) is 5. The summed E-state index contributed by atoms with van der Waals surface area (Å²) in [6, 6.07) is 8.70. The van der Waals surface area contributed by atoms with Crippen molar-refractivity contribution < 1.29 is 14.5 Å². The molecule has 0 fully saturated rings. The van der Waals surface area contributed by atoms with Gasteiger partial charge >= 0.3 is 11.8 Å². The first-order chi connectivity index (χ1) is 10.0. The molecule has 1 aromatic heterocycles. The van der Waals surface area contributed by atoms with Gasteiger partial charge in [-0.15, -0.1) is 0 Å². The van der Waals surface area contributed by atoms with Crippen molar-refractivity contribution in [3.05, 3.63) is 58.0 Å². The number of aromatic nitrogens is 2. The predicted octanol–water partition coefficient (Wildman–Crippen LogP) is 2.06. The second kappa shape index (κ2) is 6.17. The number of carbonyl (C=O) groups is 1. The van der Waals surface area contributed by atoms with Crippen LogP contribution >= 0.6 is 0 Å². The summed E-state index contributed by atoms with van der Waals surface area (Å²) in [5.41, 5.74) is 0.934. The zero-order valence-corrected chi connectivity index (χ0v) is 11.7. The molecule has 0 radical (unpaired) electrons. The van der Waals surface area contributed by atoms with Gasteiger partial charge in [-0.2, -0.15) is 0 Å². The van der Waals surface area contributed by atoms with Gasteiger partial charge in [0, 0.05) is 13.3 Å². The van der Waals surface area contributed by atoms with E-state index in [4.69, 9.17) is 4.74 Å². The lowest BCUT2D eigenvalue weighted by atomic mass is 10.1. The van der Waals surface area contributed by atoms with Crippen LogP contribution in [0, 0.1) is 17.0 Å². The normalized spacial score (nSPS) is 11.9. The molecular weight excluding hydrogens is 274 g/mol. The lowest BCUT2D eigenvalue weighted by molar-refractivity contribution is -0.389. The zero-order valence-electron chi connectivity index (χ0n) is 11.7. The third kappa shape index (κ3) is 3.25. The SMILES string of the molecule is COC(=O)[C@H](Cc1ccccc1)n1cc([N+](=O)[O-])nc1C. The van der Waals surface area contributed by atoms with E-state index in [1.165, 1.54) is 17.9 Å². The fraction of sp³-hybridized carbons (Fsp3) is 0.286. The molecule has 7 heteroatoms. The Balaban J connectivity index is 2.36. The molecule has 0 aliphatic rings. The first-order valence-electron chi connectivity index (χ1n) is 6.34. The van der Waals surface area contributed by atoms with Gasteiger partial charge in [0.15, 0.2) is 0 Å². The summed E-state index contributed by atoms with van der Waals surface area (Å²) in [5.74, 6) is -0.350. The van der Waals surface area contributed by atoms with E-state index in [9.17, 15) is 14.9 Å². The number of carbonyl (C=O) groups excluding carboxylic acids is 1. The lowest BCUT2D eigenvalue weighted by Crippen LogP contribution is -2.23. The van der Waals surface area contributed by atoms with Crippen LogP contribution in [0.4, 0.5) is 5.82 Å². The molecule has 0 saturated carbocycles. The van der Waals surface area contributed by atoms with Crippen molar-refractivity contribution in [2.45, 2.75) is 19.4 Å². The Kier molecular flexibility index (Phi) is 4.32. The molecule has 2 aromatic rings. The highest BCUT2D eigenvalue weighted by Crippen LogP contribution is 2.21. The molecule has 0 amide bonds. The third-order valence-corrected chi connectivity index (χ3v) is 3.17. The van der Waals surface area contributed by atoms with E-state index in [-0.39, 0.29) is 5.82 Å². The van der Waals surface area contributed by atoms with E-state index in [0.29, 0.717) is 12.2 Å². The van der Waals surface area contributed by atoms with Crippen LogP contribution in [0.3, 0.4) is 0 Å². The molecule has 7 nitrogen and oxygen atoms in total. The molecular formula is C14H15N3O4. The predicted molar refractivity (Wildman–Crippen MR) is 74.8 cm³/mol. The number of esters is 1. The minimum absolute atomic E-state index is 0.283. The maximum atomic E-state index is 12.0. The Morgan fingerprint density at radius 3 is 2.62 bits per heavy atom. The summed E-state index contributed by atoms with van der Waals surface area (Å²) in [5, 5.41) is 10.8. The van der Waals surface area contributed by atoms with E-state index < -0.39 is 16.9 Å². The minimum atomic E-state index is -0.682. The smallest absolute Gasteiger partial charge is 0.381 e. The van der Waals surface area contributed by atoms with E-state index >= 15 is 0 Å². The Bertz CT molecular complexity index is 651. The minimum Gasteiger partial charge on any atom is -0.467 e. The van der Waals surface area contributed by atoms with Crippen molar-refractivity contribution in [1.82, 2.24) is 9.55 Å². The first-order valence-corrected chi connectivity index (χ1v) is 6.34. The summed E-state index contributed by atoms with van der Waals surface area (Å²) in [6.45, 7) is 1.62. The van der Waals surface area contributed by atoms with E-state index in [2.05, 4.69) is 4.98 Å². The second-order valence-corrected chi connectivity index (χ2v) is 4.54. The molecule has 0 N–H and O–H groups in total. The molecule has 1 heterocycles. The monoisotopic (exact) mass is 289 g/mol. The topological polar surface area (TPSA) is 87.3 Å². The average molecular weight is 289 g/mol. The average Bonchev–Trinajstić information content (AvgIpc) is 2.87. The molecule has 0 spiro atoms. The molecule has 21 heavy (non-hydrogen) atoms. The molecule has 0 unspecified atom stereocenters. The number of imidazole rings is 1. The third-order valence-electron chi connectivity index (χ3n) is 3.17. The van der Waals surface area contributed by atoms with Gasteiger partial charge in [0.25, 0.3) is 0 Å². The molecule has 0 aliphatic carbocycles. The Hall–Kier alpha value is -2.70. The summed E-state index contributed by atoms with van der Waals surface area (Å²) in [7, 11) is 1.29. The summed E-state index contributed by atoms with van der Waals surface area (Å²) >= 11 is 0. The van der Waals surface area contributed by atoms with Gasteiger partial charge in [0.05, 0.1) is 7.11 Å². The van der Waals surface area contributed by atoms with Crippen LogP contribution < -0.4 is 0 Å². The first kappa shape index (κ1) is 14.7. The van der Waals surface area contributed by atoms with Gasteiger partial charge in [-0.05, 0) is 15.5 Å². The number of aryl methyl sites for hydroxylation is 1. The van der Waals surface area contributed by atoms with Gasteiger partial charge in [0.2, 0.25) is 5.82 Å². The molecule has 0 saturated heterocycles. The molecule has 110 valence electrons. The van der Waals surface area contributed by atoms with Crippen LogP contribution in [-0.2, 0) is 16.0 Å². The Morgan fingerprint density at radius 1 is 1.43 bits per heavy atom. The fourth-order valence-electron chi connectivity index (χ4n) is 2.14. The molecule has 0 aliphatic heterocycles. The number of benzene rings is 1. The number of hydrogen-bond donors (Lipinski definition) is 0. The maximum Gasteiger partial charge on any atom is 0.381 e. The van der Waals surface area contributed by atoms with Gasteiger partial charge in [-0.1, -0.05) is 30.3 Å². The Morgan fingerprint density at radius 2 is 2.10 bits per heavy atom. The van der Waals surface area contributed by atoms with Crippen LogP contribution in [0.2, 0.25) is 0 Å². The van der Waals surface area contributed by atoms with Crippen molar-refractivity contribution in [3.8, 4) is 0 Å². The molecule has 0 bridgehead atoms. The van der Waals surface area contributed by atoms with Crippen molar-refractivity contribution >= 4 is 11.8 Å². The number of ether oxygens (including phenoxy) is 1. The van der Waals surface area contributed by atoms with E-state index in [1.54, 1.807) is 6.92 Å².